The quantitative estimate of drug-likeness (QED) is 0.874. The molecule has 1 fully saturated rings. The van der Waals surface area contributed by atoms with Crippen molar-refractivity contribution in [2.75, 3.05) is 26.2 Å². The predicted octanol–water partition coefficient (Wildman–Crippen LogP) is 1.16. The van der Waals surface area contributed by atoms with Gasteiger partial charge in [0.15, 0.2) is 0 Å². The number of benzene rings is 1. The van der Waals surface area contributed by atoms with Crippen LogP contribution in [0.3, 0.4) is 0 Å². The van der Waals surface area contributed by atoms with Crippen molar-refractivity contribution in [1.82, 2.24) is 9.21 Å². The molecular formula is C15H22ClN3O3S. The molecule has 6 nitrogen and oxygen atoms in total. The molecule has 0 aliphatic carbocycles. The Morgan fingerprint density at radius 1 is 1.22 bits per heavy atom. The number of carbonyl (C=O) groups excluding carboxylic acids is 1. The Balaban J connectivity index is 2.05. The minimum atomic E-state index is -3.59. The van der Waals surface area contributed by atoms with E-state index in [1.165, 1.54) is 16.4 Å². The summed E-state index contributed by atoms with van der Waals surface area (Å²) in [6.07, 6.45) is 0. The van der Waals surface area contributed by atoms with Crippen LogP contribution in [0, 0.1) is 5.92 Å². The van der Waals surface area contributed by atoms with Crippen LogP contribution in [-0.4, -0.2) is 55.8 Å². The largest absolute Gasteiger partial charge is 0.339 e. The first-order valence-electron chi connectivity index (χ1n) is 7.53. The van der Waals surface area contributed by atoms with Crippen LogP contribution >= 0.6 is 11.6 Å². The fourth-order valence-electron chi connectivity index (χ4n) is 2.42. The molecule has 0 spiro atoms. The van der Waals surface area contributed by atoms with E-state index in [1.807, 2.05) is 13.8 Å². The molecule has 0 bridgehead atoms. The molecular weight excluding hydrogens is 338 g/mol. The zero-order valence-electron chi connectivity index (χ0n) is 13.3. The molecule has 0 unspecified atom stereocenters. The molecule has 0 saturated carbocycles. The lowest BCUT2D eigenvalue weighted by Crippen LogP contribution is -2.55. The van der Waals surface area contributed by atoms with Gasteiger partial charge in [0.2, 0.25) is 15.9 Å². The van der Waals surface area contributed by atoms with E-state index < -0.39 is 16.1 Å². The lowest BCUT2D eigenvalue weighted by molar-refractivity contribution is -0.134. The zero-order chi connectivity index (χ0) is 17.2. The maximum absolute atomic E-state index is 12.6. The van der Waals surface area contributed by atoms with E-state index in [-0.39, 0.29) is 29.8 Å². The molecule has 1 aromatic carbocycles. The maximum atomic E-state index is 12.6. The van der Waals surface area contributed by atoms with Gasteiger partial charge in [0.05, 0.1) is 10.9 Å². The molecule has 128 valence electrons. The third-order valence-electron chi connectivity index (χ3n) is 3.99. The van der Waals surface area contributed by atoms with Crippen molar-refractivity contribution in [3.05, 3.63) is 29.3 Å². The van der Waals surface area contributed by atoms with Gasteiger partial charge >= 0.3 is 0 Å². The number of nitrogens with zero attached hydrogens (tertiary/aromatic N) is 2. The Morgan fingerprint density at radius 3 is 2.35 bits per heavy atom. The minimum Gasteiger partial charge on any atom is -0.339 e. The van der Waals surface area contributed by atoms with Crippen LogP contribution in [0.4, 0.5) is 0 Å². The van der Waals surface area contributed by atoms with E-state index in [0.29, 0.717) is 18.1 Å². The monoisotopic (exact) mass is 359 g/mol. The number of hydrogen-bond acceptors (Lipinski definition) is 4. The lowest BCUT2D eigenvalue weighted by Gasteiger charge is -2.35. The molecule has 2 rings (SSSR count). The molecule has 0 aromatic heterocycles. The van der Waals surface area contributed by atoms with Gasteiger partial charge in [-0.05, 0) is 24.1 Å². The SMILES string of the molecule is CC(C)[C@H](N)C(=O)N1CCN(S(=O)(=O)c2cccc(Cl)c2)CC1. The molecule has 1 atom stereocenters. The Morgan fingerprint density at radius 2 is 1.83 bits per heavy atom. The lowest BCUT2D eigenvalue weighted by atomic mass is 10.0. The van der Waals surface area contributed by atoms with Gasteiger partial charge in [-0.1, -0.05) is 31.5 Å². The normalized spacial score (nSPS) is 18.2. The highest BCUT2D eigenvalue weighted by atomic mass is 35.5. The number of sulfonamides is 1. The summed E-state index contributed by atoms with van der Waals surface area (Å²) in [5, 5.41) is 0.378. The highest BCUT2D eigenvalue weighted by molar-refractivity contribution is 7.89. The molecule has 23 heavy (non-hydrogen) atoms. The van der Waals surface area contributed by atoms with Crippen LogP contribution in [0.15, 0.2) is 29.2 Å². The fraction of sp³-hybridized carbons (Fsp3) is 0.533. The highest BCUT2D eigenvalue weighted by Crippen LogP contribution is 2.21. The Hall–Kier alpha value is -1.15. The smallest absolute Gasteiger partial charge is 0.243 e. The summed E-state index contributed by atoms with van der Waals surface area (Å²) in [6, 6.07) is 5.64. The zero-order valence-corrected chi connectivity index (χ0v) is 14.8. The number of halogens is 1. The van der Waals surface area contributed by atoms with Crippen molar-refractivity contribution >= 4 is 27.5 Å². The first-order valence-corrected chi connectivity index (χ1v) is 9.35. The Kier molecular flexibility index (Phi) is 5.67. The van der Waals surface area contributed by atoms with Crippen LogP contribution in [0.5, 0.6) is 0 Å². The van der Waals surface area contributed by atoms with Gasteiger partial charge < -0.3 is 10.6 Å². The summed E-state index contributed by atoms with van der Waals surface area (Å²) >= 11 is 5.87. The van der Waals surface area contributed by atoms with E-state index >= 15 is 0 Å². The van der Waals surface area contributed by atoms with E-state index in [0.717, 1.165) is 0 Å². The van der Waals surface area contributed by atoms with Crippen LogP contribution in [0.2, 0.25) is 5.02 Å². The third kappa shape index (κ3) is 4.03. The molecule has 1 amide bonds. The van der Waals surface area contributed by atoms with Crippen molar-refractivity contribution in [1.29, 1.82) is 0 Å². The molecule has 0 radical (unpaired) electrons. The second kappa shape index (κ2) is 7.17. The van der Waals surface area contributed by atoms with Gasteiger partial charge in [0.1, 0.15) is 0 Å². The number of nitrogens with two attached hydrogens (primary N) is 1. The van der Waals surface area contributed by atoms with Gasteiger partial charge in [0, 0.05) is 31.2 Å². The second-order valence-corrected chi connectivity index (χ2v) is 8.33. The summed E-state index contributed by atoms with van der Waals surface area (Å²) in [5.41, 5.74) is 5.88. The average molecular weight is 360 g/mol. The van der Waals surface area contributed by atoms with Gasteiger partial charge in [-0.25, -0.2) is 8.42 Å². The van der Waals surface area contributed by atoms with E-state index in [4.69, 9.17) is 17.3 Å². The minimum absolute atomic E-state index is 0.0516. The molecule has 1 aliphatic heterocycles. The van der Waals surface area contributed by atoms with E-state index in [1.54, 1.807) is 17.0 Å². The molecule has 1 saturated heterocycles. The van der Waals surface area contributed by atoms with Crippen LogP contribution in [0.25, 0.3) is 0 Å². The average Bonchev–Trinajstić information content (AvgIpc) is 2.53. The first-order chi connectivity index (χ1) is 10.7. The van der Waals surface area contributed by atoms with Gasteiger partial charge in [-0.3, -0.25) is 4.79 Å². The fourth-order valence-corrected chi connectivity index (χ4v) is 4.14. The number of hydrogen-bond donors (Lipinski definition) is 1. The summed E-state index contributed by atoms with van der Waals surface area (Å²) in [5.74, 6) is -0.0736. The molecule has 1 heterocycles. The molecule has 8 heteroatoms. The van der Waals surface area contributed by atoms with Crippen molar-refractivity contribution in [3.63, 3.8) is 0 Å². The topological polar surface area (TPSA) is 83.7 Å². The predicted molar refractivity (Wildman–Crippen MR) is 89.6 cm³/mol. The number of carbonyl (C=O) groups is 1. The van der Waals surface area contributed by atoms with Crippen LogP contribution < -0.4 is 5.73 Å². The Labute approximate surface area is 142 Å². The summed E-state index contributed by atoms with van der Waals surface area (Å²) in [6.45, 7) is 4.99. The first kappa shape index (κ1) is 18.2. The van der Waals surface area contributed by atoms with E-state index in [2.05, 4.69) is 0 Å². The number of amides is 1. The Bertz CT molecular complexity index is 670. The highest BCUT2D eigenvalue weighted by Gasteiger charge is 2.32. The van der Waals surface area contributed by atoms with Crippen LogP contribution in [-0.2, 0) is 14.8 Å². The van der Waals surface area contributed by atoms with E-state index in [9.17, 15) is 13.2 Å². The van der Waals surface area contributed by atoms with Gasteiger partial charge in [0.25, 0.3) is 0 Å². The summed E-state index contributed by atoms with van der Waals surface area (Å²) in [4.78, 5) is 14.0. The van der Waals surface area contributed by atoms with Gasteiger partial charge in [-0.15, -0.1) is 0 Å². The molecule has 1 aliphatic rings. The third-order valence-corrected chi connectivity index (χ3v) is 6.12. The number of rotatable bonds is 4. The molecule has 1 aromatic rings. The van der Waals surface area contributed by atoms with Crippen LogP contribution in [0.1, 0.15) is 13.8 Å². The summed E-state index contributed by atoms with van der Waals surface area (Å²) in [7, 11) is -3.59. The standard InChI is InChI=1S/C15H22ClN3O3S/c1-11(2)14(17)15(20)18-6-8-19(9-7-18)23(21,22)13-5-3-4-12(16)10-13/h3-5,10-11,14H,6-9,17H2,1-2H3/t14-/m0/s1. The van der Waals surface area contributed by atoms with Crippen molar-refractivity contribution < 1.29 is 13.2 Å². The maximum Gasteiger partial charge on any atom is 0.243 e. The number of piperazine rings is 1. The summed E-state index contributed by atoms with van der Waals surface area (Å²) < 4.78 is 26.6. The second-order valence-electron chi connectivity index (χ2n) is 5.96. The van der Waals surface area contributed by atoms with Gasteiger partial charge in [-0.2, -0.15) is 4.31 Å². The molecule has 2 N–H and O–H groups in total. The van der Waals surface area contributed by atoms with Crippen molar-refractivity contribution in [2.24, 2.45) is 11.7 Å². The van der Waals surface area contributed by atoms with Crippen molar-refractivity contribution in [3.8, 4) is 0 Å². The van der Waals surface area contributed by atoms with Crippen molar-refractivity contribution in [2.45, 2.75) is 24.8 Å².